The molecule has 8 aliphatic carbocycles. The third kappa shape index (κ3) is 3.94. The molecule has 8 unspecified atom stereocenters. The molecule has 7 fully saturated rings. The Morgan fingerprint density at radius 1 is 0.509 bits per heavy atom. The van der Waals surface area contributed by atoms with Crippen LogP contribution in [0.2, 0.25) is 0 Å². The van der Waals surface area contributed by atoms with Crippen LogP contribution in [0.1, 0.15) is 76.0 Å². The lowest BCUT2D eigenvalue weighted by Gasteiger charge is -2.79. The van der Waals surface area contributed by atoms with Crippen molar-refractivity contribution in [1.29, 1.82) is 0 Å². The summed E-state index contributed by atoms with van der Waals surface area (Å²) in [6, 6.07) is 51.1. The monoisotopic (exact) mass is 687 g/mol. The van der Waals surface area contributed by atoms with Crippen LogP contribution in [0.3, 0.4) is 0 Å². The van der Waals surface area contributed by atoms with Gasteiger partial charge in [0.1, 0.15) is 0 Å². The van der Waals surface area contributed by atoms with Crippen molar-refractivity contribution < 1.29 is 0 Å². The van der Waals surface area contributed by atoms with Gasteiger partial charge in [-0.25, -0.2) is 0 Å². The first kappa shape index (κ1) is 30.8. The predicted octanol–water partition coefficient (Wildman–Crippen LogP) is 13.6. The second kappa shape index (κ2) is 10.5. The molecule has 6 aromatic rings. The van der Waals surface area contributed by atoms with E-state index in [1.807, 2.05) is 0 Å². The van der Waals surface area contributed by atoms with E-state index in [0.29, 0.717) is 10.8 Å². The molecule has 7 saturated carbocycles. The van der Waals surface area contributed by atoms with Gasteiger partial charge in [0.25, 0.3) is 0 Å². The van der Waals surface area contributed by atoms with Crippen LogP contribution in [0, 0.1) is 40.9 Å². The van der Waals surface area contributed by atoms with Crippen LogP contribution in [0.15, 0.2) is 133 Å². The molecule has 0 spiro atoms. The first-order valence-electron chi connectivity index (χ1n) is 20.6. The van der Waals surface area contributed by atoms with Gasteiger partial charge >= 0.3 is 0 Å². The van der Waals surface area contributed by atoms with Crippen molar-refractivity contribution in [3.8, 4) is 22.3 Å². The van der Waals surface area contributed by atoms with E-state index in [-0.39, 0.29) is 5.41 Å². The fraction of sp³-hybridized carbons (Fsp3) is 0.346. The van der Waals surface area contributed by atoms with Gasteiger partial charge in [0.05, 0.1) is 0 Å². The molecule has 0 aliphatic heterocycles. The molecular formula is C52H49N. The van der Waals surface area contributed by atoms with Crippen LogP contribution in [0.25, 0.3) is 33.0 Å². The van der Waals surface area contributed by atoms with Crippen molar-refractivity contribution >= 4 is 27.8 Å². The maximum atomic E-state index is 2.75. The van der Waals surface area contributed by atoms with Gasteiger partial charge in [-0.1, -0.05) is 118 Å². The summed E-state index contributed by atoms with van der Waals surface area (Å²) in [7, 11) is 0. The van der Waals surface area contributed by atoms with Crippen LogP contribution in [0.4, 0.5) is 17.1 Å². The summed E-state index contributed by atoms with van der Waals surface area (Å²) >= 11 is 0. The van der Waals surface area contributed by atoms with Crippen LogP contribution in [-0.2, 0) is 10.8 Å². The molecule has 0 amide bonds. The van der Waals surface area contributed by atoms with Crippen molar-refractivity contribution in [2.75, 3.05) is 4.90 Å². The summed E-state index contributed by atoms with van der Waals surface area (Å²) in [5.74, 6) is 5.75. The van der Waals surface area contributed by atoms with Crippen LogP contribution < -0.4 is 4.90 Å². The minimum atomic E-state index is -0.0534. The number of hydrogen-bond acceptors (Lipinski definition) is 1. The van der Waals surface area contributed by atoms with E-state index in [2.05, 4.69) is 159 Å². The minimum absolute atomic E-state index is 0.0534. The number of nitrogens with zero attached hydrogens (tertiary/aromatic N) is 1. The quantitative estimate of drug-likeness (QED) is 0.174. The number of anilines is 3. The Hall–Kier alpha value is -4.62. The van der Waals surface area contributed by atoms with E-state index < -0.39 is 0 Å². The summed E-state index contributed by atoms with van der Waals surface area (Å²) in [5, 5.41) is 2.59. The number of benzene rings is 6. The lowest BCUT2D eigenvalue weighted by molar-refractivity contribution is -0.266. The second-order valence-corrected chi connectivity index (χ2v) is 18.9. The molecule has 262 valence electrons. The van der Waals surface area contributed by atoms with Gasteiger partial charge in [-0.05, 0) is 166 Å². The van der Waals surface area contributed by atoms with E-state index >= 15 is 0 Å². The van der Waals surface area contributed by atoms with E-state index in [1.54, 1.807) is 12.0 Å². The van der Waals surface area contributed by atoms with Gasteiger partial charge in [0.2, 0.25) is 0 Å². The highest BCUT2D eigenvalue weighted by Gasteiger charge is 2.74. The van der Waals surface area contributed by atoms with E-state index in [0.717, 1.165) is 35.5 Å². The largest absolute Gasteiger partial charge is 0.310 e. The fourth-order valence-electron chi connectivity index (χ4n) is 14.6. The Morgan fingerprint density at radius 2 is 1.13 bits per heavy atom. The Labute approximate surface area is 315 Å². The summed E-state index contributed by atoms with van der Waals surface area (Å²) in [6.07, 6.45) is 8.96. The van der Waals surface area contributed by atoms with Crippen LogP contribution in [0.5, 0.6) is 0 Å². The molecule has 1 heteroatoms. The summed E-state index contributed by atoms with van der Waals surface area (Å²) in [4.78, 5) is 2.52. The molecule has 0 saturated heterocycles. The van der Waals surface area contributed by atoms with E-state index in [9.17, 15) is 0 Å². The zero-order chi connectivity index (χ0) is 35.3. The van der Waals surface area contributed by atoms with Gasteiger partial charge in [-0.2, -0.15) is 0 Å². The molecule has 0 N–H and O–H groups in total. The third-order valence-electron chi connectivity index (χ3n) is 16.5. The minimum Gasteiger partial charge on any atom is -0.310 e. The first-order chi connectivity index (χ1) is 25.8. The molecule has 8 bridgehead atoms. The molecule has 0 radical (unpaired) electrons. The Balaban J connectivity index is 0.981. The maximum absolute atomic E-state index is 2.75. The number of rotatable bonds is 5. The second-order valence-electron chi connectivity index (χ2n) is 18.9. The van der Waals surface area contributed by atoms with Gasteiger partial charge < -0.3 is 4.90 Å². The molecule has 0 aromatic heterocycles. The maximum Gasteiger partial charge on any atom is 0.0465 e. The van der Waals surface area contributed by atoms with Crippen molar-refractivity contribution in [2.45, 2.75) is 70.1 Å². The lowest BCUT2D eigenvalue weighted by atomic mass is 9.25. The standard InChI is InChI=1S/C52H49N/c1-50(2)46-14-7-6-12-42(46)43-24-23-39(29-47(43)50)53(37-19-15-35(16-20-37)41-13-8-10-34-9-4-5-11-40(34)41)38-21-17-36(18-22-38)52-31-33-26-45-44-25-32(28-49(45)52)30-51(52,3)48(44)27-33/h4-24,29,32-33,44-45,48-49H,25-28,30-31H2,1-3H3. The van der Waals surface area contributed by atoms with Gasteiger partial charge in [0.15, 0.2) is 0 Å². The molecule has 8 atom stereocenters. The van der Waals surface area contributed by atoms with Gasteiger partial charge in [-0.3, -0.25) is 0 Å². The third-order valence-corrected chi connectivity index (χ3v) is 16.5. The fourth-order valence-corrected chi connectivity index (χ4v) is 14.6. The van der Waals surface area contributed by atoms with Crippen molar-refractivity contribution in [2.24, 2.45) is 40.9 Å². The normalized spacial score (nSPS) is 31.9. The molecule has 14 rings (SSSR count). The van der Waals surface area contributed by atoms with E-state index in [1.165, 1.54) is 93.3 Å². The average Bonchev–Trinajstić information content (AvgIpc) is 3.42. The zero-order valence-electron chi connectivity index (χ0n) is 31.4. The smallest absolute Gasteiger partial charge is 0.0465 e. The predicted molar refractivity (Wildman–Crippen MR) is 220 cm³/mol. The number of fused-ring (bicyclic) bond motifs is 4. The zero-order valence-corrected chi connectivity index (χ0v) is 31.4. The molecular weight excluding hydrogens is 639 g/mol. The Bertz CT molecular complexity index is 2450. The lowest BCUT2D eigenvalue weighted by Crippen LogP contribution is -2.74. The molecule has 6 aromatic carbocycles. The Morgan fingerprint density at radius 3 is 1.96 bits per heavy atom. The van der Waals surface area contributed by atoms with Crippen LogP contribution in [-0.4, -0.2) is 0 Å². The average molecular weight is 688 g/mol. The molecule has 1 nitrogen and oxygen atoms in total. The van der Waals surface area contributed by atoms with Crippen molar-refractivity contribution in [3.05, 3.63) is 150 Å². The highest BCUT2D eigenvalue weighted by Crippen LogP contribution is 2.80. The topological polar surface area (TPSA) is 3.24 Å². The van der Waals surface area contributed by atoms with Crippen LogP contribution >= 0.6 is 0 Å². The highest BCUT2D eigenvalue weighted by molar-refractivity contribution is 5.97. The molecule has 53 heavy (non-hydrogen) atoms. The highest BCUT2D eigenvalue weighted by atomic mass is 15.1. The summed E-state index contributed by atoms with van der Waals surface area (Å²) in [5.41, 5.74) is 14.3. The SMILES string of the molecule is CC1(C)c2ccccc2-c2ccc(N(c3ccc(-c4cccc5ccccc45)cc3)c3ccc(C45CC6CC7C8CC(CC74)CC5(C)C8C6)cc3)cc21. The van der Waals surface area contributed by atoms with Gasteiger partial charge in [-0.15, -0.1) is 0 Å². The van der Waals surface area contributed by atoms with Crippen molar-refractivity contribution in [1.82, 2.24) is 0 Å². The first-order valence-corrected chi connectivity index (χ1v) is 20.6. The molecule has 0 heterocycles. The van der Waals surface area contributed by atoms with Gasteiger partial charge in [0, 0.05) is 27.9 Å². The van der Waals surface area contributed by atoms with E-state index in [4.69, 9.17) is 0 Å². The number of hydrogen-bond donors (Lipinski definition) is 0. The summed E-state index contributed by atoms with van der Waals surface area (Å²) < 4.78 is 0. The molecule has 8 aliphatic rings. The Kier molecular flexibility index (Phi) is 6.12. The van der Waals surface area contributed by atoms with Crippen molar-refractivity contribution in [3.63, 3.8) is 0 Å². The summed E-state index contributed by atoms with van der Waals surface area (Å²) in [6.45, 7) is 7.54.